The second-order valence-corrected chi connectivity index (χ2v) is 3.72. The molecule has 0 radical (unpaired) electrons. The van der Waals surface area contributed by atoms with Crippen LogP contribution in [0.5, 0.6) is 0 Å². The summed E-state index contributed by atoms with van der Waals surface area (Å²) in [6, 6.07) is -0.625. The van der Waals surface area contributed by atoms with E-state index in [4.69, 9.17) is 20.7 Å². The molecule has 0 aromatic rings. The highest BCUT2D eigenvalue weighted by Crippen LogP contribution is 2.26. The van der Waals surface area contributed by atoms with E-state index in [-0.39, 0.29) is 25.2 Å². The molecule has 0 aromatic carbocycles. The monoisotopic (exact) mass is 205 g/mol. The molecule has 84 valence electrons. The Morgan fingerprint density at radius 2 is 1.86 bits per heavy atom. The average Bonchev–Trinajstić information content (AvgIpc) is 2.21. The van der Waals surface area contributed by atoms with Crippen molar-refractivity contribution < 1.29 is 20.1 Å². The summed E-state index contributed by atoms with van der Waals surface area (Å²) in [4.78, 5) is 0. The zero-order valence-electron chi connectivity index (χ0n) is 8.34. The SMILES string of the molecule is CC[C@@H]1O[C@H](CO)[C@H](N)[C@H](O)[C@@H]1CO. The van der Waals surface area contributed by atoms with Crippen molar-refractivity contribution in [2.45, 2.75) is 37.7 Å². The molecule has 5 heteroatoms. The Bertz CT molecular complexity index is 176. The maximum atomic E-state index is 9.76. The molecule has 1 saturated heterocycles. The molecule has 5 N–H and O–H groups in total. The van der Waals surface area contributed by atoms with Crippen molar-refractivity contribution in [3.63, 3.8) is 0 Å². The number of nitrogens with two attached hydrogens (primary N) is 1. The van der Waals surface area contributed by atoms with Crippen LogP contribution in [-0.4, -0.2) is 52.9 Å². The topological polar surface area (TPSA) is 95.9 Å². The van der Waals surface area contributed by atoms with E-state index in [2.05, 4.69) is 0 Å². The number of rotatable bonds is 3. The summed E-state index contributed by atoms with van der Waals surface area (Å²) in [6.45, 7) is 1.56. The van der Waals surface area contributed by atoms with Crippen molar-refractivity contribution in [1.82, 2.24) is 0 Å². The summed E-state index contributed by atoms with van der Waals surface area (Å²) in [7, 11) is 0. The highest BCUT2D eigenvalue weighted by atomic mass is 16.5. The van der Waals surface area contributed by atoms with E-state index in [9.17, 15) is 5.11 Å². The van der Waals surface area contributed by atoms with Crippen LogP contribution in [0.2, 0.25) is 0 Å². The maximum absolute atomic E-state index is 9.76. The summed E-state index contributed by atoms with van der Waals surface area (Å²) in [5.74, 6) is -0.349. The lowest BCUT2D eigenvalue weighted by Gasteiger charge is -2.42. The van der Waals surface area contributed by atoms with E-state index in [1.165, 1.54) is 0 Å². The van der Waals surface area contributed by atoms with Gasteiger partial charge in [0, 0.05) is 5.92 Å². The third kappa shape index (κ3) is 2.07. The van der Waals surface area contributed by atoms with E-state index in [0.29, 0.717) is 6.42 Å². The van der Waals surface area contributed by atoms with Gasteiger partial charge in [-0.1, -0.05) is 6.92 Å². The van der Waals surface area contributed by atoms with Crippen molar-refractivity contribution in [3.8, 4) is 0 Å². The van der Waals surface area contributed by atoms with E-state index in [1.54, 1.807) is 0 Å². The molecule has 0 saturated carbocycles. The Balaban J connectivity index is 2.71. The predicted octanol–water partition coefficient (Wildman–Crippen LogP) is -1.55. The van der Waals surface area contributed by atoms with Crippen LogP contribution in [0.4, 0.5) is 0 Å². The molecule has 5 atom stereocenters. The Morgan fingerprint density at radius 1 is 1.21 bits per heavy atom. The Morgan fingerprint density at radius 3 is 2.29 bits per heavy atom. The molecule has 14 heavy (non-hydrogen) atoms. The standard InChI is InChI=1S/C9H19NO4/c1-2-6-5(3-11)9(13)8(10)7(4-12)14-6/h5-9,11-13H,2-4,10H2,1H3/t5-,6+,7-,8+,9-/m1/s1. The molecule has 0 aliphatic carbocycles. The molecule has 0 aromatic heterocycles. The van der Waals surface area contributed by atoms with Crippen molar-refractivity contribution in [2.75, 3.05) is 13.2 Å². The van der Waals surface area contributed by atoms with Gasteiger partial charge in [0.15, 0.2) is 0 Å². The highest BCUT2D eigenvalue weighted by molar-refractivity contribution is 4.93. The lowest BCUT2D eigenvalue weighted by atomic mass is 9.85. The van der Waals surface area contributed by atoms with Crippen molar-refractivity contribution in [2.24, 2.45) is 11.7 Å². The normalized spacial score (nSPS) is 43.9. The lowest BCUT2D eigenvalue weighted by molar-refractivity contribution is -0.168. The van der Waals surface area contributed by atoms with Crippen molar-refractivity contribution in [3.05, 3.63) is 0 Å². The molecule has 5 nitrogen and oxygen atoms in total. The van der Waals surface area contributed by atoms with Gasteiger partial charge in [0.05, 0.1) is 37.6 Å². The number of ether oxygens (including phenoxy) is 1. The molecule has 1 fully saturated rings. The summed E-state index contributed by atoms with van der Waals surface area (Å²) in [5, 5.41) is 27.8. The van der Waals surface area contributed by atoms with Gasteiger partial charge >= 0.3 is 0 Å². The molecule has 0 bridgehead atoms. The minimum Gasteiger partial charge on any atom is -0.396 e. The first-order chi connectivity index (χ1) is 6.65. The van der Waals surface area contributed by atoms with Gasteiger partial charge in [0.25, 0.3) is 0 Å². The third-order valence-corrected chi connectivity index (χ3v) is 2.88. The highest BCUT2D eigenvalue weighted by Gasteiger charge is 2.41. The Hall–Kier alpha value is -0.200. The smallest absolute Gasteiger partial charge is 0.0985 e. The number of aliphatic hydroxyl groups excluding tert-OH is 3. The fourth-order valence-corrected chi connectivity index (χ4v) is 1.93. The summed E-state index contributed by atoms with van der Waals surface area (Å²) in [6.07, 6.45) is -0.883. The molecular weight excluding hydrogens is 186 g/mol. The van der Waals surface area contributed by atoms with Crippen LogP contribution >= 0.6 is 0 Å². The molecule has 1 rings (SSSR count). The van der Waals surface area contributed by atoms with Crippen LogP contribution in [0.1, 0.15) is 13.3 Å². The third-order valence-electron chi connectivity index (χ3n) is 2.88. The van der Waals surface area contributed by atoms with E-state index in [0.717, 1.165) is 0 Å². The fraction of sp³-hybridized carbons (Fsp3) is 1.00. The number of hydrogen-bond acceptors (Lipinski definition) is 5. The lowest BCUT2D eigenvalue weighted by Crippen LogP contribution is -2.60. The second-order valence-electron chi connectivity index (χ2n) is 3.72. The van der Waals surface area contributed by atoms with E-state index < -0.39 is 18.2 Å². The first-order valence-electron chi connectivity index (χ1n) is 4.96. The molecule has 0 spiro atoms. The second kappa shape index (κ2) is 5.04. The summed E-state index contributed by atoms with van der Waals surface area (Å²) >= 11 is 0. The number of aliphatic hydroxyl groups is 3. The summed E-state index contributed by atoms with van der Waals surface area (Å²) in [5.41, 5.74) is 5.67. The van der Waals surface area contributed by atoms with Gasteiger partial charge in [-0.25, -0.2) is 0 Å². The first kappa shape index (κ1) is 11.9. The largest absolute Gasteiger partial charge is 0.396 e. The van der Waals surface area contributed by atoms with Crippen LogP contribution in [0.3, 0.4) is 0 Å². The van der Waals surface area contributed by atoms with Gasteiger partial charge in [0.2, 0.25) is 0 Å². The fourth-order valence-electron chi connectivity index (χ4n) is 1.93. The molecule has 1 aliphatic rings. The quantitative estimate of drug-likeness (QED) is 0.447. The maximum Gasteiger partial charge on any atom is 0.0985 e. The van der Waals surface area contributed by atoms with Crippen LogP contribution in [0.25, 0.3) is 0 Å². The van der Waals surface area contributed by atoms with Crippen LogP contribution in [0, 0.1) is 5.92 Å². The molecule has 1 heterocycles. The Kier molecular flexibility index (Phi) is 4.28. The predicted molar refractivity (Wildman–Crippen MR) is 50.6 cm³/mol. The zero-order chi connectivity index (χ0) is 10.7. The minimum absolute atomic E-state index is 0.147. The van der Waals surface area contributed by atoms with Gasteiger partial charge in [-0.05, 0) is 6.42 Å². The van der Waals surface area contributed by atoms with Crippen LogP contribution < -0.4 is 5.73 Å². The van der Waals surface area contributed by atoms with Gasteiger partial charge in [-0.2, -0.15) is 0 Å². The number of hydrogen-bond donors (Lipinski definition) is 4. The zero-order valence-corrected chi connectivity index (χ0v) is 8.34. The van der Waals surface area contributed by atoms with Crippen LogP contribution in [-0.2, 0) is 4.74 Å². The average molecular weight is 205 g/mol. The van der Waals surface area contributed by atoms with E-state index in [1.807, 2.05) is 6.92 Å². The summed E-state index contributed by atoms with van der Waals surface area (Å²) < 4.78 is 5.48. The van der Waals surface area contributed by atoms with Crippen molar-refractivity contribution in [1.29, 1.82) is 0 Å². The van der Waals surface area contributed by atoms with Gasteiger partial charge in [0.1, 0.15) is 0 Å². The molecular formula is C9H19NO4. The van der Waals surface area contributed by atoms with E-state index >= 15 is 0 Å². The van der Waals surface area contributed by atoms with Crippen LogP contribution in [0.15, 0.2) is 0 Å². The van der Waals surface area contributed by atoms with Gasteiger partial charge < -0.3 is 25.8 Å². The minimum atomic E-state index is -0.809. The van der Waals surface area contributed by atoms with Gasteiger partial charge in [-0.15, -0.1) is 0 Å². The van der Waals surface area contributed by atoms with Gasteiger partial charge in [-0.3, -0.25) is 0 Å². The van der Waals surface area contributed by atoms with Crippen molar-refractivity contribution >= 4 is 0 Å². The first-order valence-corrected chi connectivity index (χ1v) is 4.96. The Labute approximate surface area is 83.5 Å². The molecule has 1 aliphatic heterocycles. The molecule has 0 unspecified atom stereocenters. The molecule has 0 amide bonds.